The number of carbonyl (C=O) groups excluding carboxylic acids is 1. The molecular formula is C24H26FN5O3S. The predicted molar refractivity (Wildman–Crippen MR) is 128 cm³/mol. The number of urea groups is 1. The number of aliphatic carboxylic acids is 1. The van der Waals surface area contributed by atoms with E-state index in [1.54, 1.807) is 29.2 Å². The lowest BCUT2D eigenvalue weighted by molar-refractivity contribution is -0.141. The minimum atomic E-state index is -0.987. The summed E-state index contributed by atoms with van der Waals surface area (Å²) in [4.78, 5) is 31.1. The first-order chi connectivity index (χ1) is 16.4. The Labute approximate surface area is 201 Å². The molecule has 3 aromatic rings. The van der Waals surface area contributed by atoms with Crippen molar-refractivity contribution in [3.05, 3.63) is 65.9 Å². The third kappa shape index (κ3) is 4.91. The first-order valence-electron chi connectivity index (χ1n) is 11.0. The van der Waals surface area contributed by atoms with Crippen molar-refractivity contribution in [2.24, 2.45) is 5.92 Å². The molecule has 4 rings (SSSR count). The lowest BCUT2D eigenvalue weighted by atomic mass is 9.97. The molecule has 2 atom stereocenters. The number of carboxylic acid groups (broad SMARTS) is 1. The van der Waals surface area contributed by atoms with Crippen molar-refractivity contribution in [3.63, 3.8) is 0 Å². The highest BCUT2D eigenvalue weighted by molar-refractivity contribution is 7.98. The molecule has 2 N–H and O–H groups in total. The zero-order valence-corrected chi connectivity index (χ0v) is 19.8. The Morgan fingerprint density at radius 3 is 2.74 bits per heavy atom. The quantitative estimate of drug-likeness (QED) is 0.482. The van der Waals surface area contributed by atoms with Crippen molar-refractivity contribution in [3.8, 4) is 5.69 Å². The molecule has 2 amide bonds. The van der Waals surface area contributed by atoms with Crippen LogP contribution in [0.2, 0.25) is 0 Å². The molecule has 1 aromatic carbocycles. The maximum atomic E-state index is 13.4. The van der Waals surface area contributed by atoms with Gasteiger partial charge in [0.2, 0.25) is 0 Å². The fourth-order valence-electron chi connectivity index (χ4n) is 4.15. The average Bonchev–Trinajstić information content (AvgIpc) is 3.27. The fourth-order valence-corrected chi connectivity index (χ4v) is 4.57. The molecule has 1 aliphatic heterocycles. The number of carbonyl (C=O) groups is 2. The third-order valence-corrected chi connectivity index (χ3v) is 6.53. The molecule has 178 valence electrons. The Bertz CT molecular complexity index is 1180. The molecule has 2 aromatic heterocycles. The van der Waals surface area contributed by atoms with Gasteiger partial charge in [-0.25, -0.2) is 18.9 Å². The number of carboxylic acids is 1. The second kappa shape index (κ2) is 10.3. The molecule has 0 saturated carbocycles. The molecule has 3 heterocycles. The molecule has 34 heavy (non-hydrogen) atoms. The smallest absolute Gasteiger partial charge is 0.322 e. The van der Waals surface area contributed by atoms with Crippen molar-refractivity contribution in [1.82, 2.24) is 20.1 Å². The summed E-state index contributed by atoms with van der Waals surface area (Å²) in [5.41, 5.74) is 2.69. The Morgan fingerprint density at radius 2 is 2.06 bits per heavy atom. The Kier molecular flexibility index (Phi) is 7.16. The highest BCUT2D eigenvalue weighted by atomic mass is 32.2. The van der Waals surface area contributed by atoms with Crippen molar-refractivity contribution in [2.75, 3.05) is 17.7 Å². The maximum absolute atomic E-state index is 13.4. The second-order valence-corrected chi connectivity index (χ2v) is 8.96. The lowest BCUT2D eigenvalue weighted by Crippen LogP contribution is -2.48. The number of nitrogens with one attached hydrogen (secondary N) is 1. The Morgan fingerprint density at radius 1 is 1.29 bits per heavy atom. The van der Waals surface area contributed by atoms with Crippen LogP contribution in [0.5, 0.6) is 0 Å². The minimum Gasteiger partial charge on any atom is -0.481 e. The molecule has 0 fully saturated rings. The number of hydrogen-bond donors (Lipinski definition) is 2. The first kappa shape index (κ1) is 23.7. The normalized spacial score (nSPS) is 16.1. The molecule has 0 saturated heterocycles. The molecule has 10 heteroatoms. The molecule has 0 spiro atoms. The number of amides is 2. The van der Waals surface area contributed by atoms with Gasteiger partial charge in [0.1, 0.15) is 5.82 Å². The summed E-state index contributed by atoms with van der Waals surface area (Å²) in [5, 5.41) is 18.1. The van der Waals surface area contributed by atoms with E-state index in [-0.39, 0.29) is 30.9 Å². The van der Waals surface area contributed by atoms with E-state index < -0.39 is 11.9 Å². The number of benzene rings is 1. The van der Waals surface area contributed by atoms with Crippen LogP contribution >= 0.6 is 11.8 Å². The van der Waals surface area contributed by atoms with Crippen LogP contribution in [0.15, 0.2) is 53.8 Å². The van der Waals surface area contributed by atoms with E-state index in [1.807, 2.05) is 25.3 Å². The zero-order chi connectivity index (χ0) is 24.2. The molecule has 0 aliphatic carbocycles. The number of aromatic nitrogens is 3. The summed E-state index contributed by atoms with van der Waals surface area (Å²) in [6.07, 6.45) is 7.02. The van der Waals surface area contributed by atoms with Gasteiger partial charge in [-0.15, -0.1) is 11.8 Å². The van der Waals surface area contributed by atoms with Gasteiger partial charge >= 0.3 is 12.0 Å². The summed E-state index contributed by atoms with van der Waals surface area (Å²) in [6.45, 7) is 2.08. The van der Waals surface area contributed by atoms with Crippen LogP contribution in [-0.2, 0) is 11.2 Å². The topological polar surface area (TPSA) is 100 Å². The molecular weight excluding hydrogens is 457 g/mol. The van der Waals surface area contributed by atoms with Crippen LogP contribution < -0.4 is 10.2 Å². The van der Waals surface area contributed by atoms with E-state index in [9.17, 15) is 19.1 Å². The van der Waals surface area contributed by atoms with Crippen molar-refractivity contribution < 1.29 is 19.1 Å². The summed E-state index contributed by atoms with van der Waals surface area (Å²) >= 11 is 1.53. The van der Waals surface area contributed by atoms with Gasteiger partial charge in [-0.3, -0.25) is 9.69 Å². The summed E-state index contributed by atoms with van der Waals surface area (Å²) < 4.78 is 15.0. The minimum absolute atomic E-state index is 0.0362. The van der Waals surface area contributed by atoms with Gasteiger partial charge in [-0.05, 0) is 54.6 Å². The van der Waals surface area contributed by atoms with Gasteiger partial charge in [-0.2, -0.15) is 5.10 Å². The largest absolute Gasteiger partial charge is 0.481 e. The van der Waals surface area contributed by atoms with Gasteiger partial charge in [0, 0.05) is 19.2 Å². The molecule has 2 unspecified atom stereocenters. The number of rotatable bonds is 7. The van der Waals surface area contributed by atoms with Gasteiger partial charge < -0.3 is 10.4 Å². The van der Waals surface area contributed by atoms with Crippen molar-refractivity contribution >= 4 is 29.4 Å². The molecule has 8 nitrogen and oxygen atoms in total. The Hall–Kier alpha value is -3.40. The number of thioether (sulfide) groups is 1. The monoisotopic (exact) mass is 483 g/mol. The maximum Gasteiger partial charge on any atom is 0.322 e. The van der Waals surface area contributed by atoms with Crippen LogP contribution in [0.1, 0.15) is 37.1 Å². The highest BCUT2D eigenvalue weighted by Crippen LogP contribution is 2.32. The number of anilines is 1. The van der Waals surface area contributed by atoms with E-state index in [1.165, 1.54) is 28.8 Å². The van der Waals surface area contributed by atoms with E-state index in [2.05, 4.69) is 15.4 Å². The number of fused-ring (bicyclic) bond motifs is 1. The predicted octanol–water partition coefficient (Wildman–Crippen LogP) is 4.44. The zero-order valence-electron chi connectivity index (χ0n) is 18.9. The number of nitrogens with zero attached hydrogens (tertiary/aromatic N) is 4. The van der Waals surface area contributed by atoms with Crippen LogP contribution in [0.4, 0.5) is 14.9 Å². The molecule has 1 aliphatic rings. The van der Waals surface area contributed by atoms with Crippen LogP contribution in [0, 0.1) is 11.7 Å². The highest BCUT2D eigenvalue weighted by Gasteiger charge is 2.36. The second-order valence-electron chi connectivity index (χ2n) is 8.14. The lowest BCUT2D eigenvalue weighted by Gasteiger charge is -2.32. The van der Waals surface area contributed by atoms with Crippen molar-refractivity contribution in [2.45, 2.75) is 37.3 Å². The number of hydrogen-bond acceptors (Lipinski definition) is 5. The SMILES string of the molecule is CCCC(NC(=O)N1CC(C(=O)O)Cc2c1cnn2-c1ccc(F)cc1)c1ccnc(SC)c1. The van der Waals surface area contributed by atoms with E-state index in [4.69, 9.17) is 0 Å². The van der Waals surface area contributed by atoms with Crippen LogP contribution in [0.25, 0.3) is 5.69 Å². The van der Waals surface area contributed by atoms with E-state index in [0.29, 0.717) is 17.1 Å². The summed E-state index contributed by atoms with van der Waals surface area (Å²) in [5.74, 6) is -2.15. The fraction of sp³-hybridized carbons (Fsp3) is 0.333. The first-order valence-corrected chi connectivity index (χ1v) is 12.3. The summed E-state index contributed by atoms with van der Waals surface area (Å²) in [6, 6.07) is 8.99. The van der Waals surface area contributed by atoms with Crippen molar-refractivity contribution in [1.29, 1.82) is 0 Å². The number of halogens is 1. The van der Waals surface area contributed by atoms with Crippen LogP contribution in [-0.4, -0.2) is 44.7 Å². The van der Waals surface area contributed by atoms with Gasteiger partial charge in [-0.1, -0.05) is 13.3 Å². The third-order valence-electron chi connectivity index (χ3n) is 5.89. The molecule has 0 bridgehead atoms. The standard InChI is InChI=1S/C24H26FN5O3S/c1-3-4-19(15-9-10-26-22(12-15)34-2)28-24(33)29-14-16(23(31)32)11-20-21(29)13-27-30(20)18-7-5-17(25)6-8-18/h5-10,12-13,16,19H,3-4,11,14H2,1-2H3,(H,28,33)(H,31,32). The van der Waals surface area contributed by atoms with Gasteiger partial charge in [0.05, 0.1) is 40.3 Å². The molecule has 0 radical (unpaired) electrons. The van der Waals surface area contributed by atoms with E-state index in [0.717, 1.165) is 23.4 Å². The summed E-state index contributed by atoms with van der Waals surface area (Å²) in [7, 11) is 0. The van der Waals surface area contributed by atoms with Gasteiger partial charge in [0.25, 0.3) is 0 Å². The Balaban J connectivity index is 1.65. The van der Waals surface area contributed by atoms with E-state index >= 15 is 0 Å². The van der Waals surface area contributed by atoms with Crippen LogP contribution in [0.3, 0.4) is 0 Å². The number of pyridine rings is 1. The average molecular weight is 484 g/mol. The van der Waals surface area contributed by atoms with Gasteiger partial charge in [0.15, 0.2) is 0 Å².